The van der Waals surface area contributed by atoms with E-state index in [1.807, 2.05) is 56.3 Å². The maximum Gasteiger partial charge on any atom is 0.339 e. The molecule has 3 N–H and O–H groups in total. The summed E-state index contributed by atoms with van der Waals surface area (Å²) < 4.78 is 6.06. The number of carbonyl (C=O) groups is 2. The van der Waals surface area contributed by atoms with Crippen LogP contribution in [-0.4, -0.2) is 32.7 Å². The average molecular weight is 463 g/mol. The number of aliphatic carboxylic acids is 1. The monoisotopic (exact) mass is 462 g/mol. The van der Waals surface area contributed by atoms with Gasteiger partial charge in [-0.3, -0.25) is 4.79 Å². The number of fused-ring (bicyclic) bond motifs is 2. The van der Waals surface area contributed by atoms with E-state index in [4.69, 9.17) is 4.74 Å². The third-order valence-corrected chi connectivity index (χ3v) is 6.99. The second-order valence-corrected chi connectivity index (χ2v) is 9.60. The van der Waals surface area contributed by atoms with Crippen molar-refractivity contribution in [2.75, 3.05) is 0 Å². The molecule has 0 aromatic heterocycles. The first-order valence-corrected chi connectivity index (χ1v) is 11.6. The van der Waals surface area contributed by atoms with Crippen LogP contribution in [0, 0.1) is 11.8 Å². The van der Waals surface area contributed by atoms with E-state index in [0.29, 0.717) is 24.2 Å². The number of carboxylic acids is 1. The smallest absolute Gasteiger partial charge is 0.339 e. The number of benzene rings is 3. The van der Waals surface area contributed by atoms with Gasteiger partial charge in [0.1, 0.15) is 18.0 Å². The van der Waals surface area contributed by atoms with Gasteiger partial charge in [0.2, 0.25) is 5.60 Å². The number of hydrogen-bond acceptors (Lipinski definition) is 5. The van der Waals surface area contributed by atoms with Crippen LogP contribution in [0.1, 0.15) is 55.1 Å². The number of ether oxygens (including phenoxy) is 1. The van der Waals surface area contributed by atoms with Crippen LogP contribution in [0.15, 0.2) is 60.7 Å². The van der Waals surface area contributed by atoms with Crippen molar-refractivity contribution in [1.82, 2.24) is 0 Å². The minimum absolute atomic E-state index is 0.00334. The molecule has 1 aliphatic rings. The lowest BCUT2D eigenvalue weighted by Gasteiger charge is -2.48. The Hall–Kier alpha value is -3.22. The molecule has 34 heavy (non-hydrogen) atoms. The number of carboxylic acid groups (broad SMARTS) is 1. The van der Waals surface area contributed by atoms with Crippen LogP contribution >= 0.6 is 0 Å². The van der Waals surface area contributed by atoms with Crippen LogP contribution in [0.25, 0.3) is 10.8 Å². The van der Waals surface area contributed by atoms with Crippen molar-refractivity contribution >= 4 is 22.5 Å². The van der Waals surface area contributed by atoms with Crippen LogP contribution in [0.4, 0.5) is 0 Å². The second kappa shape index (κ2) is 8.85. The van der Waals surface area contributed by atoms with Crippen molar-refractivity contribution in [3.63, 3.8) is 0 Å². The van der Waals surface area contributed by atoms with E-state index in [1.54, 1.807) is 18.2 Å². The van der Waals surface area contributed by atoms with Crippen molar-refractivity contribution in [1.29, 1.82) is 0 Å². The van der Waals surface area contributed by atoms with Crippen molar-refractivity contribution in [2.45, 2.75) is 51.4 Å². The SMILES string of the molecule is CC(C)CC[C@@]1(O)c2cc3c(OCc4ccccc4)cccc3cc2C(=O)[C@H](C)[C@]1(O)C(=O)O. The van der Waals surface area contributed by atoms with Crippen molar-refractivity contribution in [3.8, 4) is 5.75 Å². The van der Waals surface area contributed by atoms with E-state index >= 15 is 0 Å². The summed E-state index contributed by atoms with van der Waals surface area (Å²) in [6.07, 6.45) is 0.466. The van der Waals surface area contributed by atoms with Gasteiger partial charge in [0.15, 0.2) is 5.78 Å². The second-order valence-electron chi connectivity index (χ2n) is 9.60. The first-order chi connectivity index (χ1) is 16.1. The Balaban J connectivity index is 1.89. The molecule has 0 heterocycles. The van der Waals surface area contributed by atoms with Crippen LogP contribution in [-0.2, 0) is 17.0 Å². The summed E-state index contributed by atoms with van der Waals surface area (Å²) in [5, 5.41) is 34.6. The molecule has 0 saturated heterocycles. The predicted octanol–water partition coefficient (Wildman–Crippen LogP) is 4.69. The zero-order valence-electron chi connectivity index (χ0n) is 19.6. The lowest BCUT2D eigenvalue weighted by molar-refractivity contribution is -0.210. The molecule has 0 spiro atoms. The third kappa shape index (κ3) is 3.77. The summed E-state index contributed by atoms with van der Waals surface area (Å²) in [6, 6.07) is 18.4. The molecule has 0 radical (unpaired) electrons. The average Bonchev–Trinajstić information content (AvgIpc) is 2.83. The van der Waals surface area contributed by atoms with E-state index in [1.165, 1.54) is 6.92 Å². The van der Waals surface area contributed by atoms with Crippen LogP contribution in [0.3, 0.4) is 0 Å². The summed E-state index contributed by atoms with van der Waals surface area (Å²) in [6.45, 7) is 5.60. The molecule has 0 fully saturated rings. The molecule has 178 valence electrons. The minimum atomic E-state index is -2.65. The van der Waals surface area contributed by atoms with E-state index in [9.17, 15) is 24.9 Å². The summed E-state index contributed by atoms with van der Waals surface area (Å²) in [5.41, 5.74) is -3.46. The molecule has 1 aliphatic carbocycles. The molecule has 0 aliphatic heterocycles. The van der Waals surface area contributed by atoms with Crippen molar-refractivity contribution in [2.24, 2.45) is 11.8 Å². The van der Waals surface area contributed by atoms with Gasteiger partial charge >= 0.3 is 5.97 Å². The van der Waals surface area contributed by atoms with E-state index in [0.717, 1.165) is 10.9 Å². The van der Waals surface area contributed by atoms with Gasteiger partial charge in [-0.1, -0.05) is 63.2 Å². The van der Waals surface area contributed by atoms with E-state index < -0.39 is 28.9 Å². The molecular weight excluding hydrogens is 432 g/mol. The molecule has 0 saturated carbocycles. The highest BCUT2D eigenvalue weighted by molar-refractivity contribution is 6.08. The number of hydrogen-bond donors (Lipinski definition) is 3. The molecule has 3 aromatic carbocycles. The Bertz CT molecular complexity index is 1230. The topological polar surface area (TPSA) is 104 Å². The molecule has 3 atom stereocenters. The first-order valence-electron chi connectivity index (χ1n) is 11.6. The fourth-order valence-electron chi connectivity index (χ4n) is 4.88. The lowest BCUT2D eigenvalue weighted by atomic mass is 9.60. The Morgan fingerprint density at radius 3 is 2.41 bits per heavy atom. The Labute approximate surface area is 198 Å². The van der Waals surface area contributed by atoms with Gasteiger partial charge in [-0.15, -0.1) is 0 Å². The fraction of sp³-hybridized carbons (Fsp3) is 0.357. The molecule has 4 rings (SSSR count). The Morgan fingerprint density at radius 2 is 1.76 bits per heavy atom. The van der Waals surface area contributed by atoms with Crippen molar-refractivity contribution in [3.05, 3.63) is 77.4 Å². The number of Topliss-reactive ketones (excluding diaryl/α,β-unsaturated/α-hetero) is 1. The van der Waals surface area contributed by atoms with Gasteiger partial charge in [0, 0.05) is 10.9 Å². The van der Waals surface area contributed by atoms with Gasteiger partial charge < -0.3 is 20.1 Å². The summed E-state index contributed by atoms with van der Waals surface area (Å²) in [7, 11) is 0. The maximum absolute atomic E-state index is 13.2. The zero-order valence-corrected chi connectivity index (χ0v) is 19.6. The Morgan fingerprint density at radius 1 is 1.06 bits per heavy atom. The summed E-state index contributed by atoms with van der Waals surface area (Å²) in [5.74, 6) is -2.74. The fourth-order valence-corrected chi connectivity index (χ4v) is 4.88. The molecule has 6 heteroatoms. The summed E-state index contributed by atoms with van der Waals surface area (Å²) >= 11 is 0. The number of rotatable bonds is 7. The Kier molecular flexibility index (Phi) is 6.23. The lowest BCUT2D eigenvalue weighted by Crippen LogP contribution is -2.65. The van der Waals surface area contributed by atoms with Crippen LogP contribution in [0.2, 0.25) is 0 Å². The zero-order chi connectivity index (χ0) is 24.7. The van der Waals surface area contributed by atoms with E-state index in [-0.39, 0.29) is 23.5 Å². The number of ketones is 1. The number of aliphatic hydroxyl groups is 2. The quantitative estimate of drug-likeness (QED) is 0.471. The van der Waals surface area contributed by atoms with Crippen LogP contribution < -0.4 is 4.74 Å². The molecular formula is C28H30O6. The molecule has 0 bridgehead atoms. The van der Waals surface area contributed by atoms with Gasteiger partial charge in [-0.25, -0.2) is 4.79 Å². The largest absolute Gasteiger partial charge is 0.488 e. The molecule has 0 unspecified atom stereocenters. The van der Waals surface area contributed by atoms with Crippen molar-refractivity contribution < 1.29 is 29.6 Å². The maximum atomic E-state index is 13.2. The predicted molar refractivity (Wildman–Crippen MR) is 129 cm³/mol. The van der Waals surface area contributed by atoms with Gasteiger partial charge in [0.25, 0.3) is 0 Å². The highest BCUT2D eigenvalue weighted by Gasteiger charge is 2.64. The molecule has 3 aromatic rings. The van der Waals surface area contributed by atoms with Gasteiger partial charge in [0.05, 0.1) is 5.92 Å². The highest BCUT2D eigenvalue weighted by atomic mass is 16.5. The normalized spacial score (nSPS) is 24.3. The van der Waals surface area contributed by atoms with Gasteiger partial charge in [-0.05, 0) is 53.5 Å². The van der Waals surface area contributed by atoms with Crippen LogP contribution in [0.5, 0.6) is 5.75 Å². The molecule has 0 amide bonds. The van der Waals surface area contributed by atoms with Gasteiger partial charge in [-0.2, -0.15) is 0 Å². The highest BCUT2D eigenvalue weighted by Crippen LogP contribution is 2.50. The first kappa shape index (κ1) is 23.9. The number of carbonyl (C=O) groups excluding carboxylic acids is 1. The third-order valence-electron chi connectivity index (χ3n) is 6.99. The standard InChI is InChI=1S/C28H30O6/c1-17(2)12-13-27(32)23-15-21-20(14-22(23)25(29)18(3)28(27,33)26(30)31)10-7-11-24(21)34-16-19-8-5-4-6-9-19/h4-11,14-15,17-18,32-33H,12-13,16H2,1-3H3,(H,30,31)/t18-,27+,28-/m0/s1. The molecule has 6 nitrogen and oxygen atoms in total. The minimum Gasteiger partial charge on any atom is -0.488 e. The van der Waals surface area contributed by atoms with E-state index in [2.05, 4.69) is 0 Å². The summed E-state index contributed by atoms with van der Waals surface area (Å²) in [4.78, 5) is 25.5.